The van der Waals surface area contributed by atoms with E-state index in [2.05, 4.69) is 0 Å². The molecule has 0 saturated carbocycles. The lowest BCUT2D eigenvalue weighted by Crippen LogP contribution is -2.30. The molecular formula is C8H12O3. The first-order chi connectivity index (χ1) is 5.25. The number of Topliss-reactive ketones (excluding diaryl/α,β-unsaturated/α-hetero) is 1. The Hall–Kier alpha value is -0.860. The number of carbonyl (C=O) groups excluding carboxylic acids is 2. The molecule has 62 valence electrons. The first kappa shape index (κ1) is 8.24. The van der Waals surface area contributed by atoms with Crippen LogP contribution in [0.15, 0.2) is 0 Å². The zero-order chi connectivity index (χ0) is 8.27. The summed E-state index contributed by atoms with van der Waals surface area (Å²) in [6.07, 6.45) is 1.92. The van der Waals surface area contributed by atoms with Gasteiger partial charge in [0.1, 0.15) is 11.7 Å². The molecular weight excluding hydrogens is 144 g/mol. The molecule has 0 radical (unpaired) electrons. The van der Waals surface area contributed by atoms with Crippen molar-refractivity contribution in [1.82, 2.24) is 0 Å². The molecule has 0 aromatic rings. The summed E-state index contributed by atoms with van der Waals surface area (Å²) in [5, 5.41) is 0. The molecule has 1 heterocycles. The van der Waals surface area contributed by atoms with E-state index in [4.69, 9.17) is 4.74 Å². The maximum atomic E-state index is 11.1. The Morgan fingerprint density at radius 2 is 2.45 bits per heavy atom. The van der Waals surface area contributed by atoms with Gasteiger partial charge in [-0.3, -0.25) is 9.59 Å². The van der Waals surface area contributed by atoms with Crippen LogP contribution in [0.2, 0.25) is 0 Å². The Bertz CT molecular complexity index is 166. The van der Waals surface area contributed by atoms with Crippen LogP contribution in [0.3, 0.4) is 0 Å². The van der Waals surface area contributed by atoms with Gasteiger partial charge in [-0.15, -0.1) is 0 Å². The van der Waals surface area contributed by atoms with E-state index in [0.717, 1.165) is 6.42 Å². The SMILES string of the molecule is CCC(=O)C1CCCOC1=O. The Morgan fingerprint density at radius 1 is 1.73 bits per heavy atom. The largest absolute Gasteiger partial charge is 0.465 e. The molecule has 1 rings (SSSR count). The molecule has 0 aromatic carbocycles. The van der Waals surface area contributed by atoms with Crippen LogP contribution < -0.4 is 0 Å². The van der Waals surface area contributed by atoms with Crippen LogP contribution in [0.1, 0.15) is 26.2 Å². The number of hydrogen-bond donors (Lipinski definition) is 0. The van der Waals surface area contributed by atoms with Crippen molar-refractivity contribution in [3.63, 3.8) is 0 Å². The van der Waals surface area contributed by atoms with E-state index in [-0.39, 0.29) is 11.8 Å². The first-order valence-electron chi connectivity index (χ1n) is 3.95. The third kappa shape index (κ3) is 1.79. The van der Waals surface area contributed by atoms with Gasteiger partial charge in [-0.25, -0.2) is 0 Å². The van der Waals surface area contributed by atoms with Crippen molar-refractivity contribution in [3.05, 3.63) is 0 Å². The Kier molecular flexibility index (Phi) is 2.63. The summed E-state index contributed by atoms with van der Waals surface area (Å²) in [4.78, 5) is 22.0. The van der Waals surface area contributed by atoms with Crippen molar-refractivity contribution < 1.29 is 14.3 Å². The second-order valence-corrected chi connectivity index (χ2v) is 2.68. The second-order valence-electron chi connectivity index (χ2n) is 2.68. The minimum atomic E-state index is -0.464. The molecule has 0 bridgehead atoms. The van der Waals surface area contributed by atoms with E-state index in [1.54, 1.807) is 6.92 Å². The highest BCUT2D eigenvalue weighted by atomic mass is 16.5. The molecule has 0 aromatic heterocycles. The molecule has 0 amide bonds. The molecule has 1 atom stereocenters. The molecule has 0 spiro atoms. The summed E-state index contributed by atoms with van der Waals surface area (Å²) in [6, 6.07) is 0. The second kappa shape index (κ2) is 3.51. The lowest BCUT2D eigenvalue weighted by atomic mass is 9.95. The van der Waals surface area contributed by atoms with E-state index >= 15 is 0 Å². The monoisotopic (exact) mass is 156 g/mol. The highest BCUT2D eigenvalue weighted by Gasteiger charge is 2.29. The fraction of sp³-hybridized carbons (Fsp3) is 0.750. The number of ketones is 1. The van der Waals surface area contributed by atoms with Crippen LogP contribution in [0.5, 0.6) is 0 Å². The van der Waals surface area contributed by atoms with Gasteiger partial charge in [0.25, 0.3) is 0 Å². The fourth-order valence-corrected chi connectivity index (χ4v) is 1.22. The summed E-state index contributed by atoms with van der Waals surface area (Å²) < 4.78 is 4.75. The number of cyclic esters (lactones) is 1. The lowest BCUT2D eigenvalue weighted by Gasteiger charge is -2.18. The number of rotatable bonds is 2. The average Bonchev–Trinajstić information content (AvgIpc) is 2.04. The van der Waals surface area contributed by atoms with Gasteiger partial charge in [-0.2, -0.15) is 0 Å². The first-order valence-corrected chi connectivity index (χ1v) is 3.95. The number of carbonyl (C=O) groups is 2. The van der Waals surface area contributed by atoms with E-state index in [1.165, 1.54) is 0 Å². The van der Waals surface area contributed by atoms with Crippen molar-refractivity contribution in [2.75, 3.05) is 6.61 Å². The van der Waals surface area contributed by atoms with Crippen LogP contribution in [0.4, 0.5) is 0 Å². The van der Waals surface area contributed by atoms with Crippen LogP contribution in [0, 0.1) is 5.92 Å². The summed E-state index contributed by atoms with van der Waals surface area (Å²) >= 11 is 0. The molecule has 1 saturated heterocycles. The van der Waals surface area contributed by atoms with Crippen LogP contribution in [-0.4, -0.2) is 18.4 Å². The normalized spacial score (nSPS) is 24.5. The van der Waals surface area contributed by atoms with Crippen molar-refractivity contribution in [2.24, 2.45) is 5.92 Å². The Balaban J connectivity index is 2.54. The van der Waals surface area contributed by atoms with E-state index in [0.29, 0.717) is 19.4 Å². The van der Waals surface area contributed by atoms with Gasteiger partial charge in [-0.1, -0.05) is 6.92 Å². The Labute approximate surface area is 65.7 Å². The number of esters is 1. The third-order valence-corrected chi connectivity index (χ3v) is 1.90. The molecule has 11 heavy (non-hydrogen) atoms. The third-order valence-electron chi connectivity index (χ3n) is 1.90. The van der Waals surface area contributed by atoms with Gasteiger partial charge in [-0.05, 0) is 12.8 Å². The van der Waals surface area contributed by atoms with Crippen molar-refractivity contribution in [1.29, 1.82) is 0 Å². The highest BCUT2D eigenvalue weighted by molar-refractivity contribution is 5.99. The molecule has 1 aliphatic rings. The molecule has 0 N–H and O–H groups in total. The maximum Gasteiger partial charge on any atom is 0.316 e. The zero-order valence-corrected chi connectivity index (χ0v) is 6.63. The summed E-state index contributed by atoms with van der Waals surface area (Å²) in [5.41, 5.74) is 0. The molecule has 1 fully saturated rings. The Morgan fingerprint density at radius 3 is 3.00 bits per heavy atom. The molecule has 3 heteroatoms. The minimum absolute atomic E-state index is 0.00898. The molecule has 1 aliphatic heterocycles. The van der Waals surface area contributed by atoms with Gasteiger partial charge < -0.3 is 4.74 Å². The summed E-state index contributed by atoms with van der Waals surface area (Å²) in [6.45, 7) is 2.25. The van der Waals surface area contributed by atoms with Crippen LogP contribution in [0.25, 0.3) is 0 Å². The van der Waals surface area contributed by atoms with Crippen molar-refractivity contribution in [3.8, 4) is 0 Å². The lowest BCUT2D eigenvalue weighted by molar-refractivity contribution is -0.156. The van der Waals surface area contributed by atoms with E-state index in [9.17, 15) is 9.59 Å². The maximum absolute atomic E-state index is 11.1. The van der Waals surface area contributed by atoms with Crippen molar-refractivity contribution >= 4 is 11.8 Å². The van der Waals surface area contributed by atoms with Crippen LogP contribution >= 0.6 is 0 Å². The predicted octanol–water partition coefficient (Wildman–Crippen LogP) is 0.919. The number of hydrogen-bond acceptors (Lipinski definition) is 3. The number of ether oxygens (including phenoxy) is 1. The zero-order valence-electron chi connectivity index (χ0n) is 6.63. The molecule has 3 nitrogen and oxygen atoms in total. The van der Waals surface area contributed by atoms with Gasteiger partial charge in [0.15, 0.2) is 0 Å². The predicted molar refractivity (Wildman–Crippen MR) is 39.0 cm³/mol. The smallest absolute Gasteiger partial charge is 0.316 e. The fourth-order valence-electron chi connectivity index (χ4n) is 1.22. The van der Waals surface area contributed by atoms with Gasteiger partial charge in [0.2, 0.25) is 0 Å². The van der Waals surface area contributed by atoms with Gasteiger partial charge in [0.05, 0.1) is 6.61 Å². The van der Waals surface area contributed by atoms with Gasteiger partial charge in [0, 0.05) is 6.42 Å². The highest BCUT2D eigenvalue weighted by Crippen LogP contribution is 2.16. The standard InChI is InChI=1S/C8H12O3/c1-2-7(9)6-4-3-5-11-8(6)10/h6H,2-5H2,1H3. The summed E-state index contributed by atoms with van der Waals surface area (Å²) in [7, 11) is 0. The van der Waals surface area contributed by atoms with Crippen molar-refractivity contribution in [2.45, 2.75) is 26.2 Å². The topological polar surface area (TPSA) is 43.4 Å². The summed E-state index contributed by atoms with van der Waals surface area (Å²) in [5.74, 6) is -0.786. The molecule has 1 unspecified atom stereocenters. The average molecular weight is 156 g/mol. The quantitative estimate of drug-likeness (QED) is 0.441. The minimum Gasteiger partial charge on any atom is -0.465 e. The van der Waals surface area contributed by atoms with Gasteiger partial charge >= 0.3 is 5.97 Å². The van der Waals surface area contributed by atoms with E-state index < -0.39 is 5.92 Å². The van der Waals surface area contributed by atoms with Crippen LogP contribution in [-0.2, 0) is 14.3 Å². The van der Waals surface area contributed by atoms with E-state index in [1.807, 2.05) is 0 Å². The molecule has 0 aliphatic carbocycles.